The summed E-state index contributed by atoms with van der Waals surface area (Å²) in [6.07, 6.45) is 1.44. The molecule has 2 N–H and O–H groups in total. The lowest BCUT2D eigenvalue weighted by Crippen LogP contribution is -2.49. The maximum atomic E-state index is 11.4. The van der Waals surface area contributed by atoms with Crippen molar-refractivity contribution < 1.29 is 0 Å². The Morgan fingerprint density at radius 1 is 1.67 bits per heavy atom. The van der Waals surface area contributed by atoms with Crippen molar-refractivity contribution in [3.8, 4) is 0 Å². The molecular weight excluding hydrogens is 260 g/mol. The average Bonchev–Trinajstić information content (AvgIpc) is 2.22. The Labute approximate surface area is 96.0 Å². The monoisotopic (exact) mass is 272 g/mol. The van der Waals surface area contributed by atoms with E-state index in [2.05, 4.69) is 43.0 Å². The number of H-pyrrole nitrogens is 1. The molecule has 0 unspecified atom stereocenters. The van der Waals surface area contributed by atoms with Gasteiger partial charge in [-0.05, 0) is 22.9 Å². The molecule has 2 heterocycles. The van der Waals surface area contributed by atoms with E-state index in [0.717, 1.165) is 25.5 Å². The van der Waals surface area contributed by atoms with Crippen molar-refractivity contribution >= 4 is 21.7 Å². The van der Waals surface area contributed by atoms with Gasteiger partial charge >= 0.3 is 0 Å². The lowest BCUT2D eigenvalue weighted by atomic mass is 10.2. The summed E-state index contributed by atoms with van der Waals surface area (Å²) >= 11 is 3.27. The fourth-order valence-electron chi connectivity index (χ4n) is 1.72. The largest absolute Gasteiger partial charge is 0.353 e. The van der Waals surface area contributed by atoms with Gasteiger partial charge in [-0.1, -0.05) is 0 Å². The summed E-state index contributed by atoms with van der Waals surface area (Å²) in [5, 5.41) is 3.35. The second-order valence-electron chi connectivity index (χ2n) is 3.67. The molecule has 5 nitrogen and oxygen atoms in total. The molecule has 2 rings (SSSR count). The average molecular weight is 273 g/mol. The Hall–Kier alpha value is -0.880. The number of aromatic amines is 1. The molecule has 1 atom stereocenters. The van der Waals surface area contributed by atoms with Crippen LogP contribution in [0.1, 0.15) is 6.92 Å². The van der Waals surface area contributed by atoms with Crippen molar-refractivity contribution in [2.24, 2.45) is 0 Å². The number of piperazine rings is 1. The minimum Gasteiger partial charge on any atom is -0.353 e. The van der Waals surface area contributed by atoms with E-state index in [9.17, 15) is 4.79 Å². The first-order chi connectivity index (χ1) is 7.18. The highest BCUT2D eigenvalue weighted by Crippen LogP contribution is 2.19. The van der Waals surface area contributed by atoms with Crippen LogP contribution < -0.4 is 15.8 Å². The van der Waals surface area contributed by atoms with Gasteiger partial charge in [0.2, 0.25) is 0 Å². The Balaban J connectivity index is 2.28. The fraction of sp³-hybridized carbons (Fsp3) is 0.556. The van der Waals surface area contributed by atoms with Crippen LogP contribution >= 0.6 is 15.9 Å². The quantitative estimate of drug-likeness (QED) is 0.774. The van der Waals surface area contributed by atoms with Crippen LogP contribution in [-0.2, 0) is 0 Å². The maximum Gasteiger partial charge on any atom is 0.267 e. The Morgan fingerprint density at radius 3 is 3.20 bits per heavy atom. The summed E-state index contributed by atoms with van der Waals surface area (Å²) in [5.41, 5.74) is -0.133. The van der Waals surface area contributed by atoms with Gasteiger partial charge in [0.05, 0.1) is 6.33 Å². The summed E-state index contributed by atoms with van der Waals surface area (Å²) < 4.78 is 0.513. The van der Waals surface area contributed by atoms with Gasteiger partial charge in [-0.25, -0.2) is 4.98 Å². The summed E-state index contributed by atoms with van der Waals surface area (Å²) in [6, 6.07) is 0.423. The molecule has 1 fully saturated rings. The standard InChI is InChI=1S/C9H13BrN4O/c1-6-4-14(3-2-11-6)8-7(10)9(15)13-5-12-8/h5-6,11H,2-4H2,1H3,(H,12,13,15)/t6-/m0/s1. The molecule has 1 aliphatic rings. The van der Waals surface area contributed by atoms with Gasteiger partial charge in [0, 0.05) is 25.7 Å². The number of nitrogens with zero attached hydrogens (tertiary/aromatic N) is 2. The van der Waals surface area contributed by atoms with Gasteiger partial charge in [0.25, 0.3) is 5.56 Å². The zero-order valence-corrected chi connectivity index (χ0v) is 10.0. The predicted molar refractivity (Wildman–Crippen MR) is 62.2 cm³/mol. The van der Waals surface area contributed by atoms with Crippen LogP contribution in [0.4, 0.5) is 5.82 Å². The smallest absolute Gasteiger partial charge is 0.267 e. The molecule has 1 aliphatic heterocycles. The molecule has 0 aromatic carbocycles. The van der Waals surface area contributed by atoms with Crippen LogP contribution in [0.15, 0.2) is 15.6 Å². The lowest BCUT2D eigenvalue weighted by Gasteiger charge is -2.32. The summed E-state index contributed by atoms with van der Waals surface area (Å²) in [6.45, 7) is 4.78. The van der Waals surface area contributed by atoms with Crippen molar-refractivity contribution in [1.29, 1.82) is 0 Å². The van der Waals surface area contributed by atoms with Crippen LogP contribution in [0.3, 0.4) is 0 Å². The number of halogens is 1. The third kappa shape index (κ3) is 2.21. The number of anilines is 1. The number of aromatic nitrogens is 2. The van der Waals surface area contributed by atoms with Gasteiger partial charge in [-0.2, -0.15) is 0 Å². The number of rotatable bonds is 1. The highest BCUT2D eigenvalue weighted by molar-refractivity contribution is 9.10. The molecule has 82 valence electrons. The maximum absolute atomic E-state index is 11.4. The van der Waals surface area contributed by atoms with Crippen LogP contribution in [-0.4, -0.2) is 35.6 Å². The number of hydrogen-bond acceptors (Lipinski definition) is 4. The third-order valence-electron chi connectivity index (χ3n) is 2.45. The zero-order chi connectivity index (χ0) is 10.8. The molecule has 6 heteroatoms. The molecule has 0 bridgehead atoms. The van der Waals surface area contributed by atoms with E-state index in [0.29, 0.717) is 10.5 Å². The van der Waals surface area contributed by atoms with E-state index in [4.69, 9.17) is 0 Å². The van der Waals surface area contributed by atoms with Crippen molar-refractivity contribution in [3.63, 3.8) is 0 Å². The predicted octanol–water partition coefficient (Wildman–Crippen LogP) is 0.331. The van der Waals surface area contributed by atoms with E-state index in [1.54, 1.807) is 0 Å². The molecule has 0 amide bonds. The molecule has 15 heavy (non-hydrogen) atoms. The zero-order valence-electron chi connectivity index (χ0n) is 8.46. The second-order valence-corrected chi connectivity index (χ2v) is 4.46. The first kappa shape index (κ1) is 10.6. The lowest BCUT2D eigenvalue weighted by molar-refractivity contribution is 0.481. The van der Waals surface area contributed by atoms with Crippen molar-refractivity contribution in [2.45, 2.75) is 13.0 Å². The molecule has 0 saturated carbocycles. The highest BCUT2D eigenvalue weighted by atomic mass is 79.9. The number of hydrogen-bond donors (Lipinski definition) is 2. The van der Waals surface area contributed by atoms with Crippen LogP contribution in [0, 0.1) is 0 Å². The van der Waals surface area contributed by atoms with Crippen molar-refractivity contribution in [3.05, 3.63) is 21.2 Å². The molecule has 1 saturated heterocycles. The van der Waals surface area contributed by atoms with E-state index < -0.39 is 0 Å². The second kappa shape index (κ2) is 4.32. The molecular formula is C9H13BrN4O. The van der Waals surface area contributed by atoms with E-state index in [1.807, 2.05) is 0 Å². The minimum atomic E-state index is -0.133. The fourth-order valence-corrected chi connectivity index (χ4v) is 2.19. The summed E-state index contributed by atoms with van der Waals surface area (Å²) in [7, 11) is 0. The molecule has 0 radical (unpaired) electrons. The van der Waals surface area contributed by atoms with Gasteiger partial charge in [-0.3, -0.25) is 4.79 Å². The summed E-state index contributed by atoms with van der Waals surface area (Å²) in [5.74, 6) is 0.729. The first-order valence-electron chi connectivity index (χ1n) is 4.90. The van der Waals surface area contributed by atoms with Crippen LogP contribution in [0.25, 0.3) is 0 Å². The Morgan fingerprint density at radius 2 is 2.47 bits per heavy atom. The van der Waals surface area contributed by atoms with Crippen LogP contribution in [0.2, 0.25) is 0 Å². The minimum absolute atomic E-state index is 0.133. The molecule has 0 aliphatic carbocycles. The third-order valence-corrected chi connectivity index (χ3v) is 3.16. The molecule has 1 aromatic rings. The van der Waals surface area contributed by atoms with Gasteiger partial charge in [0.1, 0.15) is 10.3 Å². The van der Waals surface area contributed by atoms with Gasteiger partial charge in [-0.15, -0.1) is 0 Å². The topological polar surface area (TPSA) is 61.0 Å². The van der Waals surface area contributed by atoms with Gasteiger partial charge < -0.3 is 15.2 Å². The van der Waals surface area contributed by atoms with Crippen molar-refractivity contribution in [2.75, 3.05) is 24.5 Å². The SMILES string of the molecule is C[C@H]1CN(c2nc[nH]c(=O)c2Br)CCN1. The van der Waals surface area contributed by atoms with E-state index in [-0.39, 0.29) is 5.56 Å². The normalized spacial score (nSPS) is 21.7. The van der Waals surface area contributed by atoms with Gasteiger partial charge in [0.15, 0.2) is 0 Å². The van der Waals surface area contributed by atoms with Crippen molar-refractivity contribution in [1.82, 2.24) is 15.3 Å². The highest BCUT2D eigenvalue weighted by Gasteiger charge is 2.19. The first-order valence-corrected chi connectivity index (χ1v) is 5.69. The van der Waals surface area contributed by atoms with Crippen LogP contribution in [0.5, 0.6) is 0 Å². The van der Waals surface area contributed by atoms with E-state index >= 15 is 0 Å². The Kier molecular flexibility index (Phi) is 3.06. The van der Waals surface area contributed by atoms with E-state index in [1.165, 1.54) is 6.33 Å². The molecule has 1 aromatic heterocycles. The number of nitrogens with one attached hydrogen (secondary N) is 2. The Bertz CT molecular complexity index is 405. The molecule has 0 spiro atoms. The summed E-state index contributed by atoms with van der Waals surface area (Å²) in [4.78, 5) is 20.2.